The Morgan fingerprint density at radius 2 is 1.93 bits per heavy atom. The van der Waals surface area contributed by atoms with Gasteiger partial charge in [-0.15, -0.1) is 0 Å². The van der Waals surface area contributed by atoms with Gasteiger partial charge in [0.05, 0.1) is 23.3 Å². The van der Waals surface area contributed by atoms with Crippen molar-refractivity contribution in [3.8, 4) is 0 Å². The summed E-state index contributed by atoms with van der Waals surface area (Å²) in [5.41, 5.74) is 7.13. The molecular formula is C32H36ClN5OS. The molecule has 2 atom stereocenters. The number of carbonyl (C=O) groups excluding carboxylic acids is 1. The second-order valence-corrected chi connectivity index (χ2v) is 11.9. The van der Waals surface area contributed by atoms with Gasteiger partial charge in [-0.3, -0.25) is 9.78 Å². The minimum absolute atomic E-state index is 0.0529. The van der Waals surface area contributed by atoms with Gasteiger partial charge in [0.25, 0.3) is 0 Å². The van der Waals surface area contributed by atoms with E-state index in [1.54, 1.807) is 6.20 Å². The average Bonchev–Trinajstić information content (AvgIpc) is 3.26. The molecule has 1 aromatic heterocycles. The number of para-hydroxylation sites is 1. The minimum atomic E-state index is -0.232. The summed E-state index contributed by atoms with van der Waals surface area (Å²) in [5.74, 6) is -0.0529. The molecule has 40 heavy (non-hydrogen) atoms. The van der Waals surface area contributed by atoms with E-state index >= 15 is 0 Å². The third-order valence-corrected chi connectivity index (χ3v) is 8.78. The molecule has 3 aromatic rings. The van der Waals surface area contributed by atoms with Crippen molar-refractivity contribution in [1.82, 2.24) is 15.2 Å². The number of aryl methyl sites for hydroxylation is 1. The fraction of sp³-hybridized carbons (Fsp3) is 0.344. The monoisotopic (exact) mass is 573 g/mol. The number of benzene rings is 2. The van der Waals surface area contributed by atoms with E-state index in [-0.39, 0.29) is 30.0 Å². The molecule has 2 aliphatic heterocycles. The maximum atomic E-state index is 13.1. The molecular weight excluding hydrogens is 538 g/mol. The molecule has 8 heteroatoms. The summed E-state index contributed by atoms with van der Waals surface area (Å²) >= 11 is 12.9. The van der Waals surface area contributed by atoms with E-state index in [4.69, 9.17) is 23.8 Å². The van der Waals surface area contributed by atoms with E-state index in [1.807, 2.05) is 42.5 Å². The van der Waals surface area contributed by atoms with Crippen LogP contribution in [0.15, 0.2) is 66.9 Å². The third-order valence-electron chi connectivity index (χ3n) is 8.10. The Morgan fingerprint density at radius 3 is 2.65 bits per heavy atom. The number of amides is 1. The zero-order valence-corrected chi connectivity index (χ0v) is 25.2. The Kier molecular flexibility index (Phi) is 7.89. The molecule has 5 rings (SSSR count). The summed E-state index contributed by atoms with van der Waals surface area (Å²) in [6.07, 6.45) is 5.21. The van der Waals surface area contributed by atoms with Crippen molar-refractivity contribution in [3.05, 3.63) is 94.3 Å². The van der Waals surface area contributed by atoms with Crippen molar-refractivity contribution in [1.29, 1.82) is 0 Å². The molecule has 2 aliphatic rings. The van der Waals surface area contributed by atoms with Crippen LogP contribution in [0.5, 0.6) is 0 Å². The van der Waals surface area contributed by atoms with E-state index in [9.17, 15) is 4.79 Å². The van der Waals surface area contributed by atoms with E-state index in [0.717, 1.165) is 40.2 Å². The van der Waals surface area contributed by atoms with Gasteiger partial charge in [-0.1, -0.05) is 48.9 Å². The first-order valence-corrected chi connectivity index (χ1v) is 14.5. The number of nitrogens with zero attached hydrogens (tertiary/aromatic N) is 3. The maximum Gasteiger partial charge on any atom is 0.226 e. The molecule has 2 aromatic carbocycles. The number of hydrogen-bond donors (Lipinski definition) is 2. The van der Waals surface area contributed by atoms with Gasteiger partial charge < -0.3 is 20.4 Å². The highest BCUT2D eigenvalue weighted by molar-refractivity contribution is 7.80. The van der Waals surface area contributed by atoms with Crippen molar-refractivity contribution in [3.63, 3.8) is 0 Å². The van der Waals surface area contributed by atoms with Gasteiger partial charge in [0.15, 0.2) is 5.11 Å². The van der Waals surface area contributed by atoms with Gasteiger partial charge in [-0.25, -0.2) is 0 Å². The zero-order chi connectivity index (χ0) is 28.6. The first-order valence-electron chi connectivity index (χ1n) is 13.7. The summed E-state index contributed by atoms with van der Waals surface area (Å²) in [6, 6.07) is 17.6. The normalized spacial score (nSPS) is 19.6. The first kappa shape index (κ1) is 28.1. The van der Waals surface area contributed by atoms with Gasteiger partial charge in [-0.2, -0.15) is 0 Å². The van der Waals surface area contributed by atoms with Crippen molar-refractivity contribution in [2.75, 3.05) is 23.8 Å². The smallest absolute Gasteiger partial charge is 0.226 e. The number of thiocarbonyl (C=S) groups is 1. The highest BCUT2D eigenvalue weighted by Gasteiger charge is 2.41. The lowest BCUT2D eigenvalue weighted by Crippen LogP contribution is -2.42. The average molecular weight is 574 g/mol. The van der Waals surface area contributed by atoms with E-state index in [2.05, 4.69) is 78.4 Å². The number of rotatable bonds is 7. The number of hydrogen-bond acceptors (Lipinski definition) is 4. The van der Waals surface area contributed by atoms with Gasteiger partial charge in [0.2, 0.25) is 5.91 Å². The van der Waals surface area contributed by atoms with Crippen molar-refractivity contribution in [2.45, 2.75) is 58.2 Å². The third kappa shape index (κ3) is 5.32. The van der Waals surface area contributed by atoms with Crippen molar-refractivity contribution in [2.24, 2.45) is 0 Å². The highest BCUT2D eigenvalue weighted by Crippen LogP contribution is 2.46. The molecule has 0 aliphatic carbocycles. The van der Waals surface area contributed by atoms with Crippen LogP contribution in [0.2, 0.25) is 5.02 Å². The number of fused-ring (bicyclic) bond motifs is 1. The fourth-order valence-corrected chi connectivity index (χ4v) is 6.39. The molecule has 0 radical (unpaired) electrons. The Balaban J connectivity index is 1.49. The Bertz CT molecular complexity index is 1470. The van der Waals surface area contributed by atoms with Gasteiger partial charge >= 0.3 is 0 Å². The molecule has 2 N–H and O–H groups in total. The SMILES string of the molecule is CCc1ccccc1NC(=O)CCN1C(=S)NC(c2ccccn2)C1c1cc2c(cc1Cl)N(C)C(C)(C)C=C2C. The van der Waals surface area contributed by atoms with Crippen molar-refractivity contribution < 1.29 is 4.79 Å². The van der Waals surface area contributed by atoms with E-state index in [0.29, 0.717) is 16.7 Å². The molecule has 1 fully saturated rings. The van der Waals surface area contributed by atoms with Gasteiger partial charge in [0, 0.05) is 48.2 Å². The topological polar surface area (TPSA) is 60.5 Å². The Hall–Kier alpha value is -3.42. The van der Waals surface area contributed by atoms with Gasteiger partial charge in [0.1, 0.15) is 0 Å². The summed E-state index contributed by atoms with van der Waals surface area (Å²) in [5, 5.41) is 7.82. The van der Waals surface area contributed by atoms with Crippen LogP contribution in [-0.2, 0) is 11.2 Å². The Labute approximate surface area is 247 Å². The van der Waals surface area contributed by atoms with Crippen molar-refractivity contribution >= 4 is 51.8 Å². The lowest BCUT2D eigenvalue weighted by molar-refractivity contribution is -0.116. The molecule has 6 nitrogen and oxygen atoms in total. The molecule has 3 heterocycles. The zero-order valence-electron chi connectivity index (χ0n) is 23.7. The number of carbonyl (C=O) groups is 1. The molecule has 1 saturated heterocycles. The number of pyridine rings is 1. The maximum absolute atomic E-state index is 13.1. The number of aromatic nitrogens is 1. The lowest BCUT2D eigenvalue weighted by atomic mass is 9.86. The quantitative estimate of drug-likeness (QED) is 0.299. The van der Waals surface area contributed by atoms with Crippen LogP contribution in [0.3, 0.4) is 0 Å². The molecule has 0 spiro atoms. The van der Waals surface area contributed by atoms with Crippen LogP contribution in [0, 0.1) is 0 Å². The predicted octanol–water partition coefficient (Wildman–Crippen LogP) is 6.93. The molecule has 0 saturated carbocycles. The van der Waals surface area contributed by atoms with Crippen LogP contribution < -0.4 is 15.5 Å². The van der Waals surface area contributed by atoms with Crippen LogP contribution >= 0.6 is 23.8 Å². The highest BCUT2D eigenvalue weighted by atomic mass is 35.5. The second-order valence-electron chi connectivity index (χ2n) is 11.1. The summed E-state index contributed by atoms with van der Waals surface area (Å²) in [6.45, 7) is 9.07. The van der Waals surface area contributed by atoms with Crippen LogP contribution in [0.1, 0.15) is 68.6 Å². The van der Waals surface area contributed by atoms with E-state index in [1.165, 1.54) is 5.57 Å². The lowest BCUT2D eigenvalue weighted by Gasteiger charge is -2.41. The predicted molar refractivity (Wildman–Crippen MR) is 169 cm³/mol. The molecule has 2 unspecified atom stereocenters. The summed E-state index contributed by atoms with van der Waals surface area (Å²) in [4.78, 5) is 22.1. The van der Waals surface area contributed by atoms with E-state index < -0.39 is 0 Å². The van der Waals surface area contributed by atoms with Crippen LogP contribution in [0.4, 0.5) is 11.4 Å². The molecule has 208 valence electrons. The number of halogens is 1. The number of likely N-dealkylation sites (N-methyl/N-ethyl adjacent to an activating group) is 1. The first-order chi connectivity index (χ1) is 19.1. The second kappa shape index (κ2) is 11.2. The number of nitrogens with one attached hydrogen (secondary N) is 2. The van der Waals surface area contributed by atoms with Crippen LogP contribution in [-0.4, -0.2) is 40.0 Å². The fourth-order valence-electron chi connectivity index (χ4n) is 5.78. The Morgan fingerprint density at radius 1 is 1.18 bits per heavy atom. The standard InChI is InChI=1S/C32H36ClN5OS/c1-6-21-11-7-8-12-25(21)35-28(39)14-16-38-30(29(36-31(38)40)26-13-9-10-15-34-26)23-17-22-20(2)19-32(3,4)37(5)27(22)18-24(23)33/h7-13,15,17-19,29-30H,6,14,16H2,1-5H3,(H,35,39)(H,36,40). The number of anilines is 2. The van der Waals surface area contributed by atoms with Crippen LogP contribution in [0.25, 0.3) is 5.57 Å². The largest absolute Gasteiger partial charge is 0.365 e. The minimum Gasteiger partial charge on any atom is -0.365 e. The summed E-state index contributed by atoms with van der Waals surface area (Å²) in [7, 11) is 2.10. The summed E-state index contributed by atoms with van der Waals surface area (Å²) < 4.78 is 0. The molecule has 0 bridgehead atoms. The number of allylic oxidation sites excluding steroid dienone is 1. The van der Waals surface area contributed by atoms with Gasteiger partial charge in [-0.05, 0) is 86.4 Å². The molecule has 1 amide bonds.